The zero-order chi connectivity index (χ0) is 33.3. The van der Waals surface area contributed by atoms with Crippen LogP contribution >= 0.6 is 0 Å². The Balaban J connectivity index is 2.71. The lowest BCUT2D eigenvalue weighted by Gasteiger charge is -2.35. The fraction of sp³-hybridized carbons (Fsp3) is 0.676. The van der Waals surface area contributed by atoms with Gasteiger partial charge in [-0.1, -0.05) is 85.7 Å². The summed E-state index contributed by atoms with van der Waals surface area (Å²) in [5, 5.41) is 8.77. The number of rotatable bonds is 9. The maximum atomic E-state index is 14.0. The molecule has 1 aromatic carbocycles. The van der Waals surface area contributed by atoms with Crippen molar-refractivity contribution < 1.29 is 24.0 Å². The van der Waals surface area contributed by atoms with Gasteiger partial charge in [-0.15, -0.1) is 0 Å². The minimum absolute atomic E-state index is 0.0605. The molecule has 5 atom stereocenters. The molecule has 0 bridgehead atoms. The van der Waals surface area contributed by atoms with E-state index in [-0.39, 0.29) is 36.0 Å². The summed E-state index contributed by atoms with van der Waals surface area (Å²) in [5.74, 6) is -2.27. The third-order valence-electron chi connectivity index (χ3n) is 8.04. The van der Waals surface area contributed by atoms with E-state index in [2.05, 4.69) is 16.0 Å². The first-order chi connectivity index (χ1) is 20.5. The van der Waals surface area contributed by atoms with E-state index in [1.54, 1.807) is 14.1 Å². The maximum absolute atomic E-state index is 14.0. The minimum Gasteiger partial charge on any atom is -0.342 e. The summed E-state index contributed by atoms with van der Waals surface area (Å²) in [5.41, 5.74) is 0.839. The topological polar surface area (TPSA) is 128 Å². The third kappa shape index (κ3) is 10.3. The van der Waals surface area contributed by atoms with Gasteiger partial charge in [-0.3, -0.25) is 24.0 Å². The number of likely N-dealkylation sites (N-methyl/N-ethyl adjacent to an activating group) is 2. The van der Waals surface area contributed by atoms with E-state index in [1.165, 1.54) is 9.80 Å². The van der Waals surface area contributed by atoms with Crippen LogP contribution in [0.2, 0.25) is 0 Å². The van der Waals surface area contributed by atoms with Crippen molar-refractivity contribution in [3.05, 3.63) is 35.9 Å². The van der Waals surface area contributed by atoms with Gasteiger partial charge in [-0.05, 0) is 48.5 Å². The Bertz CT molecular complexity index is 1140. The van der Waals surface area contributed by atoms with Crippen molar-refractivity contribution in [1.29, 1.82) is 0 Å². The molecule has 3 N–H and O–H groups in total. The van der Waals surface area contributed by atoms with Gasteiger partial charge in [0, 0.05) is 20.5 Å². The average Bonchev–Trinajstić information content (AvgIpc) is 2.92. The zero-order valence-corrected chi connectivity index (χ0v) is 28.3. The fourth-order valence-electron chi connectivity index (χ4n) is 5.84. The zero-order valence-electron chi connectivity index (χ0n) is 28.3. The molecule has 0 spiro atoms. The van der Waals surface area contributed by atoms with Crippen molar-refractivity contribution in [1.82, 2.24) is 25.8 Å². The summed E-state index contributed by atoms with van der Waals surface area (Å²) < 4.78 is 0. The number of hydrogen-bond acceptors (Lipinski definition) is 5. The van der Waals surface area contributed by atoms with Crippen LogP contribution in [-0.2, 0) is 30.4 Å². The summed E-state index contributed by atoms with van der Waals surface area (Å²) in [6.07, 6.45) is 1.27. The highest BCUT2D eigenvalue weighted by molar-refractivity contribution is 5.98. The predicted octanol–water partition coefficient (Wildman–Crippen LogP) is 3.15. The number of carbonyl (C=O) groups is 5. The van der Waals surface area contributed by atoms with Crippen LogP contribution in [0.15, 0.2) is 30.3 Å². The summed E-state index contributed by atoms with van der Waals surface area (Å²) in [6, 6.07) is 4.80. The smallest absolute Gasteiger partial charge is 0.245 e. The molecule has 1 fully saturated rings. The second-order valence-electron chi connectivity index (χ2n) is 13.9. The van der Waals surface area contributed by atoms with Crippen molar-refractivity contribution in [2.75, 3.05) is 14.1 Å². The number of amides is 5. The molecule has 1 heterocycles. The summed E-state index contributed by atoms with van der Waals surface area (Å²) >= 11 is 0. The first kappa shape index (κ1) is 36.8. The molecule has 1 aromatic rings. The molecule has 44 heavy (non-hydrogen) atoms. The molecule has 1 aliphatic rings. The monoisotopic (exact) mass is 613 g/mol. The average molecular weight is 614 g/mol. The Hall–Kier alpha value is -3.43. The summed E-state index contributed by atoms with van der Waals surface area (Å²) in [4.78, 5) is 72.5. The third-order valence-corrected chi connectivity index (χ3v) is 8.04. The van der Waals surface area contributed by atoms with E-state index >= 15 is 0 Å². The van der Waals surface area contributed by atoms with E-state index in [9.17, 15) is 24.0 Å². The second kappa shape index (κ2) is 16.6. The van der Waals surface area contributed by atoms with Crippen LogP contribution < -0.4 is 16.0 Å². The van der Waals surface area contributed by atoms with Crippen molar-refractivity contribution in [3.8, 4) is 0 Å². The molecule has 0 radical (unpaired) electrons. The van der Waals surface area contributed by atoms with Crippen molar-refractivity contribution in [2.45, 2.75) is 111 Å². The van der Waals surface area contributed by atoms with E-state index in [1.807, 2.05) is 85.7 Å². The van der Waals surface area contributed by atoms with Crippen LogP contribution in [0.5, 0.6) is 0 Å². The highest BCUT2D eigenvalue weighted by Crippen LogP contribution is 2.19. The van der Waals surface area contributed by atoms with Gasteiger partial charge in [-0.25, -0.2) is 0 Å². The molecule has 5 amide bonds. The lowest BCUT2D eigenvalue weighted by Crippen LogP contribution is -2.59. The molecule has 1 saturated heterocycles. The molecular formula is C34H55N5O5. The minimum atomic E-state index is -0.993. The van der Waals surface area contributed by atoms with Gasteiger partial charge < -0.3 is 25.8 Å². The molecule has 10 heteroatoms. The lowest BCUT2D eigenvalue weighted by atomic mass is 9.96. The normalized spacial score (nSPS) is 24.9. The van der Waals surface area contributed by atoms with Crippen LogP contribution in [-0.4, -0.2) is 83.6 Å². The predicted molar refractivity (Wildman–Crippen MR) is 172 cm³/mol. The summed E-state index contributed by atoms with van der Waals surface area (Å²) in [7, 11) is 3.14. The molecule has 0 saturated carbocycles. The van der Waals surface area contributed by atoms with E-state index in [0.717, 1.165) is 5.56 Å². The molecule has 10 nitrogen and oxygen atoms in total. The second-order valence-corrected chi connectivity index (χ2v) is 13.9. The lowest BCUT2D eigenvalue weighted by molar-refractivity contribution is -0.146. The number of nitrogens with zero attached hydrogens (tertiary/aromatic N) is 2. The number of hydrogen-bond donors (Lipinski definition) is 3. The molecule has 246 valence electrons. The molecule has 2 rings (SSSR count). The molecule has 0 unspecified atom stereocenters. The quantitative estimate of drug-likeness (QED) is 0.394. The van der Waals surface area contributed by atoms with Gasteiger partial charge in [0.05, 0.1) is 0 Å². The van der Waals surface area contributed by atoms with Crippen LogP contribution in [0.3, 0.4) is 0 Å². The van der Waals surface area contributed by atoms with Crippen LogP contribution in [0, 0.1) is 23.7 Å². The van der Waals surface area contributed by atoms with Crippen LogP contribution in [0.4, 0.5) is 0 Å². The van der Waals surface area contributed by atoms with Crippen molar-refractivity contribution in [2.24, 2.45) is 23.7 Å². The Morgan fingerprint density at radius 2 is 1.05 bits per heavy atom. The Labute approximate surface area is 264 Å². The van der Waals surface area contributed by atoms with E-state index < -0.39 is 53.8 Å². The summed E-state index contributed by atoms with van der Waals surface area (Å²) in [6.45, 7) is 15.5. The van der Waals surface area contributed by atoms with E-state index in [4.69, 9.17) is 0 Å². The maximum Gasteiger partial charge on any atom is 0.245 e. The number of nitrogens with one attached hydrogen (secondary N) is 3. The number of benzene rings is 1. The highest BCUT2D eigenvalue weighted by atomic mass is 16.2. The van der Waals surface area contributed by atoms with Gasteiger partial charge in [0.15, 0.2) is 0 Å². The molecular weight excluding hydrogens is 558 g/mol. The van der Waals surface area contributed by atoms with Gasteiger partial charge in [0.1, 0.15) is 30.2 Å². The largest absolute Gasteiger partial charge is 0.342 e. The standard InChI is InChI=1S/C34H55N5O5/c1-20(2)16-26-33(43)38(9)28(18-22(5)6)31(41)35-25(19-24-14-12-11-13-15-24)30(40)36-27(17-21(3)4)34(44)39(10)29(23(7)8)32(42)37-26/h11-15,20-23,25-29H,16-19H2,1-10H3,(H,35,41)(H,36,40)(H,37,42)/t25-,26-,27-,28-,29-/m0/s1. The fourth-order valence-corrected chi connectivity index (χ4v) is 5.84. The van der Waals surface area contributed by atoms with Gasteiger partial charge in [-0.2, -0.15) is 0 Å². The van der Waals surface area contributed by atoms with Gasteiger partial charge in [0.25, 0.3) is 0 Å². The Morgan fingerprint density at radius 3 is 1.52 bits per heavy atom. The van der Waals surface area contributed by atoms with E-state index in [0.29, 0.717) is 19.3 Å². The number of carbonyl (C=O) groups excluding carboxylic acids is 5. The van der Waals surface area contributed by atoms with Gasteiger partial charge in [0.2, 0.25) is 29.5 Å². The first-order valence-corrected chi connectivity index (χ1v) is 16.0. The van der Waals surface area contributed by atoms with Crippen LogP contribution in [0.25, 0.3) is 0 Å². The first-order valence-electron chi connectivity index (χ1n) is 16.0. The molecule has 1 aliphatic heterocycles. The SMILES string of the molecule is CC(C)C[C@@H]1NC(=O)[C@H](Cc2ccccc2)NC(=O)[C@H](CC(C)C)N(C)C(=O)[C@H](CC(C)C)NC(=O)[C@H](C(C)C)N(C)C1=O. The molecule has 0 aromatic heterocycles. The van der Waals surface area contributed by atoms with Crippen molar-refractivity contribution in [3.63, 3.8) is 0 Å². The van der Waals surface area contributed by atoms with Gasteiger partial charge >= 0.3 is 0 Å². The highest BCUT2D eigenvalue weighted by Gasteiger charge is 2.40. The van der Waals surface area contributed by atoms with Crippen molar-refractivity contribution >= 4 is 29.5 Å². The Kier molecular flexibility index (Phi) is 13.9. The van der Waals surface area contributed by atoms with Crippen LogP contribution in [0.1, 0.15) is 80.2 Å². The molecule has 0 aliphatic carbocycles. The Morgan fingerprint density at radius 1 is 0.591 bits per heavy atom.